The van der Waals surface area contributed by atoms with Crippen LogP contribution in [-0.2, 0) is 16.0 Å². The van der Waals surface area contributed by atoms with Gasteiger partial charge < -0.3 is 20.7 Å². The van der Waals surface area contributed by atoms with E-state index in [0.717, 1.165) is 5.56 Å². The molecule has 1 rings (SSSR count). The van der Waals surface area contributed by atoms with Gasteiger partial charge in [-0.2, -0.15) is 0 Å². The molecule has 6 heteroatoms. The van der Waals surface area contributed by atoms with Gasteiger partial charge in [-0.15, -0.1) is 0 Å². The number of carbonyl (C=O) groups is 2. The van der Waals surface area contributed by atoms with Crippen molar-refractivity contribution in [2.75, 3.05) is 6.61 Å². The van der Waals surface area contributed by atoms with E-state index in [1.54, 1.807) is 30.3 Å². The quantitative estimate of drug-likeness (QED) is 0.592. The molecular weight excluding hydrogens is 274 g/mol. The first-order valence-corrected chi connectivity index (χ1v) is 6.48. The number of nitrogens with two attached hydrogens (primary N) is 1. The van der Waals surface area contributed by atoms with Gasteiger partial charge in [0, 0.05) is 0 Å². The first-order valence-electron chi connectivity index (χ1n) is 6.48. The maximum atomic E-state index is 11.2. The number of carboxylic acid groups (broad SMARTS) is 2. The highest BCUT2D eigenvalue weighted by atomic mass is 16.5. The lowest BCUT2D eigenvalue weighted by Crippen LogP contribution is -2.35. The number of hydrogen-bond donors (Lipinski definition) is 3. The molecule has 1 aromatic rings. The van der Waals surface area contributed by atoms with Crippen LogP contribution in [0.3, 0.4) is 0 Å². The lowest BCUT2D eigenvalue weighted by Gasteiger charge is -2.15. The van der Waals surface area contributed by atoms with E-state index in [9.17, 15) is 9.59 Å². The highest BCUT2D eigenvalue weighted by Gasteiger charge is 2.24. The molecular formula is C15H19NO5. The summed E-state index contributed by atoms with van der Waals surface area (Å²) in [6.45, 7) is 3.94. The summed E-state index contributed by atoms with van der Waals surface area (Å²) in [5.74, 6) is -2.43. The first-order chi connectivity index (χ1) is 9.93. The van der Waals surface area contributed by atoms with Gasteiger partial charge in [-0.05, 0) is 30.5 Å². The molecule has 6 nitrogen and oxygen atoms in total. The molecule has 4 N–H and O–H groups in total. The Kier molecular flexibility index (Phi) is 6.42. The Morgan fingerprint density at radius 1 is 1.24 bits per heavy atom. The van der Waals surface area contributed by atoms with E-state index in [1.807, 2.05) is 0 Å². The molecule has 0 saturated heterocycles. The van der Waals surface area contributed by atoms with Crippen molar-refractivity contribution in [3.05, 3.63) is 42.5 Å². The van der Waals surface area contributed by atoms with E-state index < -0.39 is 23.9 Å². The van der Waals surface area contributed by atoms with E-state index >= 15 is 0 Å². The third-order valence-electron chi connectivity index (χ3n) is 2.98. The lowest BCUT2D eigenvalue weighted by atomic mass is 9.93. The summed E-state index contributed by atoms with van der Waals surface area (Å²) in [7, 11) is 0. The minimum atomic E-state index is -1.20. The molecule has 0 aliphatic rings. The highest BCUT2D eigenvalue weighted by molar-refractivity contribution is 5.76. The number of carboxylic acids is 2. The molecule has 0 spiro atoms. The molecule has 0 aliphatic carbocycles. The molecule has 1 unspecified atom stereocenters. The molecule has 0 amide bonds. The molecule has 0 saturated carbocycles. The van der Waals surface area contributed by atoms with Crippen LogP contribution >= 0.6 is 0 Å². The van der Waals surface area contributed by atoms with Crippen LogP contribution in [0.4, 0.5) is 0 Å². The Hall–Kier alpha value is -2.34. The maximum Gasteiger partial charge on any atom is 0.320 e. The normalized spacial score (nSPS) is 13.2. The second kappa shape index (κ2) is 8.06. The monoisotopic (exact) mass is 293 g/mol. The molecule has 21 heavy (non-hydrogen) atoms. The molecule has 1 aromatic carbocycles. The van der Waals surface area contributed by atoms with Crippen molar-refractivity contribution in [1.29, 1.82) is 0 Å². The summed E-state index contributed by atoms with van der Waals surface area (Å²) in [6.07, 6.45) is 1.74. The minimum Gasteiger partial charge on any atom is -0.490 e. The standard InChI is InChI=1S/C15H19NO5/c1-2-7-21-12-5-3-10(4-6-12)8-11(14(17)18)9-13(16)15(19)20/h2-6,11,13H,1,7-9,16H2,(H,17,18)(H,19,20)/t11?,13-/m0/s1. The Balaban J connectivity index is 2.68. The summed E-state index contributed by atoms with van der Waals surface area (Å²) in [6, 6.07) is 5.78. The van der Waals surface area contributed by atoms with Crippen LogP contribution < -0.4 is 10.5 Å². The SMILES string of the molecule is C=CCOc1ccc(CC(C[C@H](N)C(=O)O)C(=O)O)cc1. The Morgan fingerprint density at radius 2 is 1.86 bits per heavy atom. The van der Waals surface area contributed by atoms with Gasteiger partial charge in [-0.25, -0.2) is 0 Å². The number of rotatable bonds is 9. The second-order valence-corrected chi connectivity index (χ2v) is 4.66. The fourth-order valence-corrected chi connectivity index (χ4v) is 1.84. The van der Waals surface area contributed by atoms with E-state index in [1.165, 1.54) is 0 Å². The molecule has 114 valence electrons. The van der Waals surface area contributed by atoms with Crippen LogP contribution in [0, 0.1) is 5.92 Å². The maximum absolute atomic E-state index is 11.2. The zero-order valence-electron chi connectivity index (χ0n) is 11.6. The first kappa shape index (κ1) is 16.7. The fourth-order valence-electron chi connectivity index (χ4n) is 1.84. The summed E-state index contributed by atoms with van der Waals surface area (Å²) in [4.78, 5) is 21.9. The molecule has 2 atom stereocenters. The van der Waals surface area contributed by atoms with Gasteiger partial charge >= 0.3 is 11.9 Å². The molecule has 0 heterocycles. The van der Waals surface area contributed by atoms with Crippen molar-refractivity contribution in [3.63, 3.8) is 0 Å². The second-order valence-electron chi connectivity index (χ2n) is 4.66. The average molecular weight is 293 g/mol. The van der Waals surface area contributed by atoms with Crippen LogP contribution in [0.5, 0.6) is 5.75 Å². The smallest absolute Gasteiger partial charge is 0.320 e. The van der Waals surface area contributed by atoms with Crippen molar-refractivity contribution in [2.24, 2.45) is 11.7 Å². The molecule has 0 fully saturated rings. The van der Waals surface area contributed by atoms with Gasteiger partial charge in [-0.3, -0.25) is 9.59 Å². The number of ether oxygens (including phenoxy) is 1. The summed E-state index contributed by atoms with van der Waals surface area (Å²) >= 11 is 0. The third kappa shape index (κ3) is 5.66. The van der Waals surface area contributed by atoms with Crippen LogP contribution in [0.25, 0.3) is 0 Å². The van der Waals surface area contributed by atoms with Crippen molar-refractivity contribution in [1.82, 2.24) is 0 Å². The predicted molar refractivity (Wildman–Crippen MR) is 77.2 cm³/mol. The van der Waals surface area contributed by atoms with Gasteiger partial charge in [0.1, 0.15) is 18.4 Å². The minimum absolute atomic E-state index is 0.112. The Labute approximate surface area is 122 Å². The van der Waals surface area contributed by atoms with E-state index in [2.05, 4.69) is 6.58 Å². The Morgan fingerprint density at radius 3 is 2.33 bits per heavy atom. The van der Waals surface area contributed by atoms with Crippen molar-refractivity contribution in [3.8, 4) is 5.75 Å². The summed E-state index contributed by atoms with van der Waals surface area (Å²) in [5.41, 5.74) is 6.18. The molecule has 0 aromatic heterocycles. The van der Waals surface area contributed by atoms with Gasteiger partial charge in [0.15, 0.2) is 0 Å². The molecule has 0 aliphatic heterocycles. The topological polar surface area (TPSA) is 110 Å². The fraction of sp³-hybridized carbons (Fsp3) is 0.333. The number of benzene rings is 1. The molecule has 0 radical (unpaired) electrons. The predicted octanol–water partition coefficient (Wildman–Crippen LogP) is 1.30. The summed E-state index contributed by atoms with van der Waals surface area (Å²) in [5, 5.41) is 17.9. The van der Waals surface area contributed by atoms with E-state index in [4.69, 9.17) is 20.7 Å². The van der Waals surface area contributed by atoms with Crippen molar-refractivity contribution < 1.29 is 24.5 Å². The zero-order valence-corrected chi connectivity index (χ0v) is 11.6. The van der Waals surface area contributed by atoms with Gasteiger partial charge in [0.25, 0.3) is 0 Å². The number of aliphatic carboxylic acids is 2. The highest BCUT2D eigenvalue weighted by Crippen LogP contribution is 2.18. The zero-order chi connectivity index (χ0) is 15.8. The van der Waals surface area contributed by atoms with Gasteiger partial charge in [0.05, 0.1) is 5.92 Å². The van der Waals surface area contributed by atoms with Crippen LogP contribution in [0.1, 0.15) is 12.0 Å². The van der Waals surface area contributed by atoms with Crippen LogP contribution in [0.15, 0.2) is 36.9 Å². The lowest BCUT2D eigenvalue weighted by molar-refractivity contribution is -0.143. The van der Waals surface area contributed by atoms with Crippen LogP contribution in [0.2, 0.25) is 0 Å². The Bertz CT molecular complexity index is 497. The van der Waals surface area contributed by atoms with Crippen LogP contribution in [-0.4, -0.2) is 34.8 Å². The van der Waals surface area contributed by atoms with Crippen molar-refractivity contribution >= 4 is 11.9 Å². The van der Waals surface area contributed by atoms with E-state index in [-0.39, 0.29) is 12.8 Å². The van der Waals surface area contributed by atoms with Gasteiger partial charge in [-0.1, -0.05) is 24.8 Å². The largest absolute Gasteiger partial charge is 0.490 e. The van der Waals surface area contributed by atoms with Crippen molar-refractivity contribution in [2.45, 2.75) is 18.9 Å². The summed E-state index contributed by atoms with van der Waals surface area (Å²) < 4.78 is 5.33. The third-order valence-corrected chi connectivity index (χ3v) is 2.98. The molecule has 0 bridgehead atoms. The average Bonchev–Trinajstić information content (AvgIpc) is 2.45. The van der Waals surface area contributed by atoms with E-state index in [0.29, 0.717) is 12.4 Å². The van der Waals surface area contributed by atoms with Gasteiger partial charge in [0.2, 0.25) is 0 Å². The number of hydrogen-bond acceptors (Lipinski definition) is 4.